The number of hydrogen-bond acceptors (Lipinski definition) is 5. The fraction of sp³-hybridized carbons (Fsp3) is 0.263. The quantitative estimate of drug-likeness (QED) is 0.628. The summed E-state index contributed by atoms with van der Waals surface area (Å²) in [6.45, 7) is 2.86. The van der Waals surface area contributed by atoms with Gasteiger partial charge in [0.2, 0.25) is 0 Å². The van der Waals surface area contributed by atoms with Crippen LogP contribution in [-0.4, -0.2) is 32.7 Å². The molecule has 0 fully saturated rings. The monoisotopic (exact) mass is 351 g/mol. The van der Waals surface area contributed by atoms with Gasteiger partial charge in [-0.05, 0) is 65.4 Å². The summed E-state index contributed by atoms with van der Waals surface area (Å²) in [5.74, 6) is 0.612. The van der Waals surface area contributed by atoms with E-state index in [1.54, 1.807) is 28.9 Å². The number of amides is 1. The molecule has 3 rings (SSSR count). The van der Waals surface area contributed by atoms with Crippen LogP contribution in [0, 0.1) is 0 Å². The van der Waals surface area contributed by atoms with E-state index in [-0.39, 0.29) is 5.91 Å². The number of carbonyl (C=O) groups is 1. The molecule has 0 unspecified atom stereocenters. The van der Waals surface area contributed by atoms with Crippen LogP contribution < -0.4 is 10.1 Å². The molecule has 3 aromatic rings. The summed E-state index contributed by atoms with van der Waals surface area (Å²) >= 11 is 0. The average Bonchev–Trinajstić information content (AvgIpc) is 3.21. The van der Waals surface area contributed by atoms with E-state index in [2.05, 4.69) is 27.8 Å². The van der Waals surface area contributed by atoms with Crippen molar-refractivity contribution < 1.29 is 9.53 Å². The highest BCUT2D eigenvalue weighted by Gasteiger charge is 2.07. The SMILES string of the molecule is CCCCCOc1ccc(C(=O)Nc2ccc(-n3cnnn3)cc2)cc1. The first-order valence-corrected chi connectivity index (χ1v) is 8.64. The van der Waals surface area contributed by atoms with Crippen molar-refractivity contribution in [3.8, 4) is 11.4 Å². The van der Waals surface area contributed by atoms with E-state index in [0.717, 1.165) is 24.3 Å². The Labute approximate surface area is 152 Å². The minimum absolute atomic E-state index is 0.169. The molecule has 1 heterocycles. The van der Waals surface area contributed by atoms with Crippen molar-refractivity contribution >= 4 is 11.6 Å². The Morgan fingerprint density at radius 3 is 2.50 bits per heavy atom. The van der Waals surface area contributed by atoms with Gasteiger partial charge in [-0.3, -0.25) is 4.79 Å². The molecule has 26 heavy (non-hydrogen) atoms. The summed E-state index contributed by atoms with van der Waals surface area (Å²) in [5, 5.41) is 13.9. The molecule has 0 aliphatic rings. The number of hydrogen-bond donors (Lipinski definition) is 1. The molecule has 0 atom stereocenters. The van der Waals surface area contributed by atoms with Gasteiger partial charge in [0.05, 0.1) is 12.3 Å². The van der Waals surface area contributed by atoms with E-state index in [1.807, 2.05) is 24.3 Å². The van der Waals surface area contributed by atoms with Gasteiger partial charge in [-0.2, -0.15) is 0 Å². The Balaban J connectivity index is 1.56. The molecule has 1 amide bonds. The number of aromatic nitrogens is 4. The molecular formula is C19H21N5O2. The minimum atomic E-state index is -0.169. The second-order valence-electron chi connectivity index (χ2n) is 5.84. The highest BCUT2D eigenvalue weighted by atomic mass is 16.5. The third-order valence-corrected chi connectivity index (χ3v) is 3.87. The van der Waals surface area contributed by atoms with Gasteiger partial charge in [-0.1, -0.05) is 19.8 Å². The zero-order valence-electron chi connectivity index (χ0n) is 14.6. The zero-order chi connectivity index (χ0) is 18.2. The van der Waals surface area contributed by atoms with Crippen LogP contribution in [0.1, 0.15) is 36.5 Å². The van der Waals surface area contributed by atoms with Crippen molar-refractivity contribution in [2.24, 2.45) is 0 Å². The third kappa shape index (κ3) is 4.66. The fourth-order valence-electron chi connectivity index (χ4n) is 2.42. The van der Waals surface area contributed by atoms with E-state index in [1.165, 1.54) is 12.7 Å². The molecule has 7 heteroatoms. The molecule has 0 saturated heterocycles. The molecule has 0 saturated carbocycles. The Hall–Kier alpha value is -3.22. The largest absolute Gasteiger partial charge is 0.494 e. The summed E-state index contributed by atoms with van der Waals surface area (Å²) in [6.07, 6.45) is 4.88. The van der Waals surface area contributed by atoms with Crippen molar-refractivity contribution in [1.29, 1.82) is 0 Å². The van der Waals surface area contributed by atoms with Gasteiger partial charge in [-0.15, -0.1) is 5.10 Å². The number of ether oxygens (including phenoxy) is 1. The molecule has 2 aromatic carbocycles. The van der Waals surface area contributed by atoms with Crippen molar-refractivity contribution in [3.05, 3.63) is 60.4 Å². The first-order valence-electron chi connectivity index (χ1n) is 8.64. The van der Waals surface area contributed by atoms with Crippen LogP contribution in [0.3, 0.4) is 0 Å². The lowest BCUT2D eigenvalue weighted by Gasteiger charge is -2.08. The van der Waals surface area contributed by atoms with Crippen LogP contribution in [0.15, 0.2) is 54.9 Å². The molecule has 134 valence electrons. The van der Waals surface area contributed by atoms with Crippen molar-refractivity contribution in [2.45, 2.75) is 26.2 Å². The van der Waals surface area contributed by atoms with Crippen molar-refractivity contribution in [1.82, 2.24) is 20.2 Å². The van der Waals surface area contributed by atoms with Gasteiger partial charge in [0, 0.05) is 11.3 Å². The van der Waals surface area contributed by atoms with E-state index >= 15 is 0 Å². The minimum Gasteiger partial charge on any atom is -0.494 e. The predicted molar refractivity (Wildman–Crippen MR) is 98.6 cm³/mol. The number of nitrogens with one attached hydrogen (secondary N) is 1. The van der Waals surface area contributed by atoms with E-state index < -0.39 is 0 Å². The Morgan fingerprint density at radius 2 is 1.85 bits per heavy atom. The summed E-state index contributed by atoms with van der Waals surface area (Å²) < 4.78 is 7.21. The van der Waals surface area contributed by atoms with E-state index in [4.69, 9.17) is 4.74 Å². The first-order chi connectivity index (χ1) is 12.8. The maximum absolute atomic E-state index is 12.3. The lowest BCUT2D eigenvalue weighted by atomic mass is 10.2. The smallest absolute Gasteiger partial charge is 0.255 e. The van der Waals surface area contributed by atoms with Gasteiger partial charge < -0.3 is 10.1 Å². The van der Waals surface area contributed by atoms with Crippen LogP contribution >= 0.6 is 0 Å². The number of rotatable bonds is 8. The van der Waals surface area contributed by atoms with Gasteiger partial charge in [0.25, 0.3) is 5.91 Å². The standard InChI is InChI=1S/C19H21N5O2/c1-2-3-4-13-26-18-11-5-15(6-12-18)19(25)21-16-7-9-17(10-8-16)24-14-20-22-23-24/h5-12,14H,2-4,13H2,1H3,(H,21,25). The maximum atomic E-state index is 12.3. The summed E-state index contributed by atoms with van der Waals surface area (Å²) in [7, 11) is 0. The van der Waals surface area contributed by atoms with Crippen LogP contribution in [-0.2, 0) is 0 Å². The highest BCUT2D eigenvalue weighted by molar-refractivity contribution is 6.04. The number of tetrazole rings is 1. The Bertz CT molecular complexity index is 814. The number of nitrogens with zero attached hydrogens (tertiary/aromatic N) is 4. The molecule has 1 N–H and O–H groups in total. The normalized spacial score (nSPS) is 10.5. The molecule has 0 aliphatic heterocycles. The molecule has 0 radical (unpaired) electrons. The number of carbonyl (C=O) groups excluding carboxylic acids is 1. The molecule has 0 aliphatic carbocycles. The second kappa shape index (κ2) is 8.75. The van der Waals surface area contributed by atoms with Gasteiger partial charge in [0.15, 0.2) is 0 Å². The molecule has 7 nitrogen and oxygen atoms in total. The van der Waals surface area contributed by atoms with Gasteiger partial charge in [-0.25, -0.2) is 4.68 Å². The van der Waals surface area contributed by atoms with E-state index in [0.29, 0.717) is 17.9 Å². The predicted octanol–water partition coefficient (Wildman–Crippen LogP) is 3.48. The Kier molecular flexibility index (Phi) is 5.92. The lowest BCUT2D eigenvalue weighted by Crippen LogP contribution is -2.11. The van der Waals surface area contributed by atoms with Crippen LogP contribution in [0.5, 0.6) is 5.75 Å². The van der Waals surface area contributed by atoms with Crippen LogP contribution in [0.25, 0.3) is 5.69 Å². The summed E-state index contributed by atoms with van der Waals surface area (Å²) in [5.41, 5.74) is 2.10. The molecule has 1 aromatic heterocycles. The molecule has 0 bridgehead atoms. The first kappa shape index (κ1) is 17.6. The van der Waals surface area contributed by atoms with Crippen molar-refractivity contribution in [2.75, 3.05) is 11.9 Å². The highest BCUT2D eigenvalue weighted by Crippen LogP contribution is 2.16. The topological polar surface area (TPSA) is 81.9 Å². The average molecular weight is 351 g/mol. The van der Waals surface area contributed by atoms with Gasteiger partial charge >= 0.3 is 0 Å². The lowest BCUT2D eigenvalue weighted by molar-refractivity contribution is 0.102. The summed E-state index contributed by atoms with van der Waals surface area (Å²) in [6, 6.07) is 14.4. The van der Waals surface area contributed by atoms with Crippen LogP contribution in [0.2, 0.25) is 0 Å². The molecule has 0 spiro atoms. The van der Waals surface area contributed by atoms with Crippen LogP contribution in [0.4, 0.5) is 5.69 Å². The summed E-state index contributed by atoms with van der Waals surface area (Å²) in [4.78, 5) is 12.3. The van der Waals surface area contributed by atoms with Gasteiger partial charge in [0.1, 0.15) is 12.1 Å². The second-order valence-corrected chi connectivity index (χ2v) is 5.84. The molecular weight excluding hydrogens is 330 g/mol. The zero-order valence-corrected chi connectivity index (χ0v) is 14.6. The van der Waals surface area contributed by atoms with Crippen molar-refractivity contribution in [3.63, 3.8) is 0 Å². The fourth-order valence-corrected chi connectivity index (χ4v) is 2.42. The number of anilines is 1. The number of unbranched alkanes of at least 4 members (excludes halogenated alkanes) is 2. The van der Waals surface area contributed by atoms with E-state index in [9.17, 15) is 4.79 Å². The number of benzene rings is 2. The maximum Gasteiger partial charge on any atom is 0.255 e. The Morgan fingerprint density at radius 1 is 1.08 bits per heavy atom. The third-order valence-electron chi connectivity index (χ3n) is 3.87.